The van der Waals surface area contributed by atoms with Gasteiger partial charge in [-0.25, -0.2) is 4.79 Å². The van der Waals surface area contributed by atoms with Crippen LogP contribution in [0.25, 0.3) is 0 Å². The molecule has 1 heterocycles. The van der Waals surface area contributed by atoms with Gasteiger partial charge >= 0.3 is 5.97 Å². The number of epoxide rings is 1. The fraction of sp³-hybridized carbons (Fsp3) is 0.833. The van der Waals surface area contributed by atoms with E-state index < -0.39 is 5.97 Å². The molecule has 0 spiro atoms. The van der Waals surface area contributed by atoms with Crippen LogP contribution in [0, 0.1) is 0 Å². The van der Waals surface area contributed by atoms with Crippen LogP contribution in [0.15, 0.2) is 0 Å². The Bertz CT molecular complexity index is 94.0. The molecular weight excluding hydrogens is 150 g/mol. The Morgan fingerprint density at radius 1 is 1.64 bits per heavy atom. The molecule has 11 heavy (non-hydrogen) atoms. The lowest BCUT2D eigenvalue weighted by Crippen LogP contribution is -2.15. The van der Waals surface area contributed by atoms with Crippen molar-refractivity contribution < 1.29 is 19.0 Å². The molecule has 0 saturated carbocycles. The molecule has 0 atom stereocenters. The lowest BCUT2D eigenvalue weighted by molar-refractivity contribution is -0.147. The first-order valence-corrected chi connectivity index (χ1v) is 3.23. The summed E-state index contributed by atoms with van der Waals surface area (Å²) in [5, 5.41) is 0. The Kier molecular flexibility index (Phi) is 7.02. The number of methoxy groups -OCH3 is 1. The van der Waals surface area contributed by atoms with Crippen LogP contribution in [0.4, 0.5) is 0 Å². The van der Waals surface area contributed by atoms with E-state index in [9.17, 15) is 4.79 Å². The summed E-state index contributed by atoms with van der Waals surface area (Å²) < 4.78 is 13.2. The Balaban J connectivity index is 0.000000271. The van der Waals surface area contributed by atoms with Crippen LogP contribution in [0.3, 0.4) is 0 Å². The molecular formula is C6H13NO4. The summed E-state index contributed by atoms with van der Waals surface area (Å²) in [4.78, 5) is 10.2. The smallest absolute Gasteiger partial charge is 0.333 e. The van der Waals surface area contributed by atoms with Crippen LogP contribution in [0.5, 0.6) is 0 Å². The first-order chi connectivity index (χ1) is 5.31. The molecule has 0 aromatic carbocycles. The normalized spacial score (nSPS) is 12.9. The van der Waals surface area contributed by atoms with Crippen molar-refractivity contribution in [2.45, 2.75) is 0 Å². The van der Waals surface area contributed by atoms with Gasteiger partial charge in [0.25, 0.3) is 0 Å². The van der Waals surface area contributed by atoms with Crippen LogP contribution in [0.1, 0.15) is 0 Å². The van der Waals surface area contributed by atoms with Gasteiger partial charge in [0.15, 0.2) is 0 Å². The molecule has 1 saturated heterocycles. The Hall–Kier alpha value is -0.650. The number of carbonyl (C=O) groups is 1. The Morgan fingerprint density at radius 3 is 2.45 bits per heavy atom. The van der Waals surface area contributed by atoms with E-state index in [2.05, 4.69) is 14.2 Å². The van der Waals surface area contributed by atoms with Crippen molar-refractivity contribution in [1.29, 1.82) is 0 Å². The number of hydrogen-bond acceptors (Lipinski definition) is 5. The standard InChI is InChI=1S/C4H9NO3.C2H4O/c1-7-2-4(6)8-3-5;1-2-3-1/h2-3,5H2,1H3;1-2H2. The van der Waals surface area contributed by atoms with E-state index in [4.69, 9.17) is 5.73 Å². The van der Waals surface area contributed by atoms with Gasteiger partial charge < -0.3 is 14.2 Å². The maximum absolute atomic E-state index is 10.2. The van der Waals surface area contributed by atoms with Crippen molar-refractivity contribution in [2.24, 2.45) is 5.73 Å². The summed E-state index contributed by atoms with van der Waals surface area (Å²) in [6.45, 7) is 1.89. The molecule has 1 fully saturated rings. The molecule has 0 radical (unpaired) electrons. The number of nitrogens with two attached hydrogens (primary N) is 1. The molecule has 0 aromatic rings. The molecule has 1 rings (SSSR count). The quantitative estimate of drug-likeness (QED) is 0.332. The summed E-state index contributed by atoms with van der Waals surface area (Å²) in [7, 11) is 1.41. The van der Waals surface area contributed by atoms with Crippen LogP contribution in [0.2, 0.25) is 0 Å². The van der Waals surface area contributed by atoms with Gasteiger partial charge in [0, 0.05) is 7.11 Å². The van der Waals surface area contributed by atoms with Crippen molar-refractivity contribution in [3.63, 3.8) is 0 Å². The largest absolute Gasteiger partial charge is 0.448 e. The molecule has 1 aliphatic rings. The predicted octanol–water partition coefficient (Wildman–Crippen LogP) is -0.891. The highest BCUT2D eigenvalue weighted by atomic mass is 16.6. The van der Waals surface area contributed by atoms with Crippen molar-refractivity contribution in [3.8, 4) is 0 Å². The van der Waals surface area contributed by atoms with Crippen LogP contribution in [-0.2, 0) is 19.0 Å². The summed E-state index contributed by atoms with van der Waals surface area (Å²) in [5.41, 5.74) is 4.86. The van der Waals surface area contributed by atoms with Gasteiger partial charge in [-0.05, 0) is 0 Å². The number of rotatable bonds is 3. The molecule has 0 aliphatic carbocycles. The maximum atomic E-state index is 10.2. The van der Waals surface area contributed by atoms with Crippen molar-refractivity contribution in [1.82, 2.24) is 0 Å². The topological polar surface area (TPSA) is 74.1 Å². The van der Waals surface area contributed by atoms with Gasteiger partial charge in [-0.15, -0.1) is 0 Å². The van der Waals surface area contributed by atoms with E-state index in [0.29, 0.717) is 0 Å². The lowest BCUT2D eigenvalue weighted by Gasteiger charge is -1.97. The molecule has 1 aliphatic heterocycles. The first kappa shape index (κ1) is 10.3. The molecule has 5 heteroatoms. The molecule has 0 amide bonds. The van der Waals surface area contributed by atoms with E-state index >= 15 is 0 Å². The SMILES string of the molecule is C1CO1.COCC(=O)OCN. The molecule has 0 unspecified atom stereocenters. The third-order valence-electron chi connectivity index (χ3n) is 0.711. The van der Waals surface area contributed by atoms with E-state index in [1.165, 1.54) is 7.11 Å². The third-order valence-corrected chi connectivity index (χ3v) is 0.711. The molecule has 0 aromatic heterocycles. The second-order valence-electron chi connectivity index (χ2n) is 1.73. The summed E-state index contributed by atoms with van der Waals surface area (Å²) in [6.07, 6.45) is 0. The zero-order valence-electron chi connectivity index (χ0n) is 6.54. The monoisotopic (exact) mass is 163 g/mol. The van der Waals surface area contributed by atoms with Gasteiger partial charge in [0.05, 0.1) is 13.2 Å². The summed E-state index contributed by atoms with van der Waals surface area (Å²) in [5.74, 6) is -0.435. The van der Waals surface area contributed by atoms with E-state index in [1.54, 1.807) is 0 Å². The minimum absolute atomic E-state index is 0.0306. The second-order valence-corrected chi connectivity index (χ2v) is 1.73. The fourth-order valence-electron chi connectivity index (χ4n) is 0.252. The van der Waals surface area contributed by atoms with Gasteiger partial charge in [-0.2, -0.15) is 0 Å². The zero-order chi connectivity index (χ0) is 8.53. The van der Waals surface area contributed by atoms with Gasteiger partial charge in [0.2, 0.25) is 0 Å². The van der Waals surface area contributed by atoms with Crippen molar-refractivity contribution in [3.05, 3.63) is 0 Å². The third kappa shape index (κ3) is 12.5. The highest BCUT2D eigenvalue weighted by molar-refractivity contribution is 5.70. The maximum Gasteiger partial charge on any atom is 0.333 e. The number of esters is 1. The van der Waals surface area contributed by atoms with Crippen molar-refractivity contribution in [2.75, 3.05) is 33.7 Å². The number of carbonyl (C=O) groups excluding carboxylic acids is 1. The molecule has 66 valence electrons. The zero-order valence-corrected chi connectivity index (χ0v) is 6.54. The van der Waals surface area contributed by atoms with E-state index in [0.717, 1.165) is 13.2 Å². The van der Waals surface area contributed by atoms with Gasteiger partial charge in [-0.1, -0.05) is 0 Å². The second kappa shape index (κ2) is 7.46. The Morgan fingerprint density at radius 2 is 2.18 bits per heavy atom. The number of hydrogen-bond donors (Lipinski definition) is 1. The van der Waals surface area contributed by atoms with Gasteiger partial charge in [-0.3, -0.25) is 5.73 Å². The molecule has 0 bridgehead atoms. The average Bonchev–Trinajstić information content (AvgIpc) is 2.72. The first-order valence-electron chi connectivity index (χ1n) is 3.23. The van der Waals surface area contributed by atoms with Crippen LogP contribution >= 0.6 is 0 Å². The highest BCUT2D eigenvalue weighted by Crippen LogP contribution is 1.84. The highest BCUT2D eigenvalue weighted by Gasteiger charge is 1.96. The number of ether oxygens (including phenoxy) is 3. The Labute approximate surface area is 65.4 Å². The van der Waals surface area contributed by atoms with Gasteiger partial charge in [0.1, 0.15) is 13.3 Å². The molecule has 2 N–H and O–H groups in total. The summed E-state index contributed by atoms with van der Waals surface area (Å²) in [6, 6.07) is 0. The van der Waals surface area contributed by atoms with Crippen molar-refractivity contribution >= 4 is 5.97 Å². The minimum Gasteiger partial charge on any atom is -0.448 e. The fourth-order valence-corrected chi connectivity index (χ4v) is 0.252. The average molecular weight is 163 g/mol. The van der Waals surface area contributed by atoms with E-state index in [1.807, 2.05) is 0 Å². The van der Waals surface area contributed by atoms with E-state index in [-0.39, 0.29) is 13.3 Å². The summed E-state index contributed by atoms with van der Waals surface area (Å²) >= 11 is 0. The predicted molar refractivity (Wildman–Crippen MR) is 37.8 cm³/mol. The van der Waals surface area contributed by atoms with Crippen LogP contribution < -0.4 is 5.73 Å². The lowest BCUT2D eigenvalue weighted by atomic mass is 10.7. The minimum atomic E-state index is -0.435. The van der Waals surface area contributed by atoms with Crippen LogP contribution in [-0.4, -0.2) is 39.6 Å². The molecule has 5 nitrogen and oxygen atoms in total.